The fourth-order valence-electron chi connectivity index (χ4n) is 3.11. The summed E-state index contributed by atoms with van der Waals surface area (Å²) < 4.78 is 0. The van der Waals surface area contributed by atoms with E-state index in [1.807, 2.05) is 26.0 Å². The Balaban J connectivity index is 2.34. The number of benzene rings is 1. The van der Waals surface area contributed by atoms with Crippen LogP contribution in [0.15, 0.2) is 12.1 Å². The molecule has 0 spiro atoms. The van der Waals surface area contributed by atoms with E-state index in [0.29, 0.717) is 11.1 Å². The van der Waals surface area contributed by atoms with Gasteiger partial charge in [-0.2, -0.15) is 0 Å². The molecule has 5 nitrogen and oxygen atoms in total. The highest BCUT2D eigenvalue weighted by atomic mass is 16.2. The molecule has 2 N–H and O–H groups in total. The number of amides is 2. The van der Waals surface area contributed by atoms with Gasteiger partial charge in [-0.25, -0.2) is 0 Å². The van der Waals surface area contributed by atoms with Gasteiger partial charge in [-0.1, -0.05) is 0 Å². The summed E-state index contributed by atoms with van der Waals surface area (Å²) in [6.45, 7) is 3.89. The third-order valence-electron chi connectivity index (χ3n) is 3.98. The molecule has 3 aromatic rings. The topological polar surface area (TPSA) is 69.0 Å². The fraction of sp³-hybridized carbons (Fsp3) is 0.200. The van der Waals surface area contributed by atoms with Crippen molar-refractivity contribution in [2.75, 3.05) is 7.05 Å². The fourth-order valence-corrected chi connectivity index (χ4v) is 3.11. The number of fused-ring (bicyclic) bond motifs is 6. The number of rotatable bonds is 0. The van der Waals surface area contributed by atoms with Gasteiger partial charge < -0.3 is 9.97 Å². The van der Waals surface area contributed by atoms with Crippen LogP contribution in [-0.4, -0.2) is 33.7 Å². The van der Waals surface area contributed by atoms with Crippen LogP contribution < -0.4 is 0 Å². The minimum atomic E-state index is -0.227. The Labute approximate surface area is 114 Å². The number of hydrogen-bond acceptors (Lipinski definition) is 2. The van der Waals surface area contributed by atoms with Gasteiger partial charge in [0.2, 0.25) is 0 Å². The standard InChI is InChI=1S/C15H13N3O2/c1-6-4-8-10-11(15(20)18(3)14(10)19)9-5-7(2)17-13(9)12(8)16-6/h4-5,16-17H,1-3H3. The minimum absolute atomic E-state index is 0.227. The summed E-state index contributed by atoms with van der Waals surface area (Å²) in [6, 6.07) is 3.85. The number of aryl methyl sites for hydroxylation is 2. The van der Waals surface area contributed by atoms with Gasteiger partial charge in [0.1, 0.15) is 0 Å². The number of aromatic nitrogens is 2. The van der Waals surface area contributed by atoms with E-state index in [1.54, 1.807) is 0 Å². The first kappa shape index (κ1) is 11.3. The monoisotopic (exact) mass is 267 g/mol. The lowest BCUT2D eigenvalue weighted by atomic mass is 10.0. The first-order valence-corrected chi connectivity index (χ1v) is 6.46. The van der Waals surface area contributed by atoms with Gasteiger partial charge in [0.05, 0.1) is 22.2 Å². The second kappa shape index (κ2) is 3.30. The van der Waals surface area contributed by atoms with Gasteiger partial charge in [-0.3, -0.25) is 14.5 Å². The van der Waals surface area contributed by atoms with Gasteiger partial charge in [0.25, 0.3) is 11.8 Å². The molecule has 100 valence electrons. The highest BCUT2D eigenvalue weighted by Crippen LogP contribution is 2.37. The molecule has 1 aliphatic rings. The molecule has 0 unspecified atom stereocenters. The van der Waals surface area contributed by atoms with Crippen LogP contribution >= 0.6 is 0 Å². The van der Waals surface area contributed by atoms with E-state index < -0.39 is 0 Å². The lowest BCUT2D eigenvalue weighted by Crippen LogP contribution is -2.24. The molecule has 5 heteroatoms. The molecule has 1 aromatic carbocycles. The first-order valence-electron chi connectivity index (χ1n) is 6.46. The SMILES string of the molecule is Cc1cc2c3c(c4cc(C)[nH]c4c2[nH]1)C(=O)N(C)C3=O. The second-order valence-electron chi connectivity index (χ2n) is 5.40. The van der Waals surface area contributed by atoms with Crippen LogP contribution in [0.25, 0.3) is 21.8 Å². The first-order chi connectivity index (χ1) is 9.49. The van der Waals surface area contributed by atoms with E-state index >= 15 is 0 Å². The van der Waals surface area contributed by atoms with E-state index in [-0.39, 0.29) is 11.8 Å². The van der Waals surface area contributed by atoms with Crippen LogP contribution in [0.3, 0.4) is 0 Å². The summed E-state index contributed by atoms with van der Waals surface area (Å²) in [5.74, 6) is -0.454. The van der Waals surface area contributed by atoms with E-state index in [1.165, 1.54) is 11.9 Å². The van der Waals surface area contributed by atoms with E-state index in [2.05, 4.69) is 9.97 Å². The Hall–Kier alpha value is -2.56. The molecule has 0 fully saturated rings. The molecule has 4 rings (SSSR count). The third-order valence-corrected chi connectivity index (χ3v) is 3.98. The van der Waals surface area contributed by atoms with Crippen molar-refractivity contribution in [3.05, 3.63) is 34.6 Å². The number of carbonyl (C=O) groups is 2. The van der Waals surface area contributed by atoms with E-state index in [9.17, 15) is 9.59 Å². The number of nitrogens with zero attached hydrogens (tertiary/aromatic N) is 1. The highest BCUT2D eigenvalue weighted by molar-refractivity contribution is 6.32. The largest absolute Gasteiger partial charge is 0.357 e. The molecule has 2 amide bonds. The molecule has 2 aromatic heterocycles. The minimum Gasteiger partial charge on any atom is -0.357 e. The zero-order chi connectivity index (χ0) is 14.2. The lowest BCUT2D eigenvalue weighted by Gasteiger charge is -2.02. The van der Waals surface area contributed by atoms with Gasteiger partial charge in [-0.05, 0) is 26.0 Å². The zero-order valence-corrected chi connectivity index (χ0v) is 11.4. The van der Waals surface area contributed by atoms with Gasteiger partial charge in [0, 0.05) is 29.2 Å². The van der Waals surface area contributed by atoms with E-state index in [4.69, 9.17) is 0 Å². The molecule has 0 saturated carbocycles. The summed E-state index contributed by atoms with van der Waals surface area (Å²) in [7, 11) is 1.53. The predicted octanol–water partition coefficient (Wildman–Crippen LogP) is 2.49. The predicted molar refractivity (Wildman–Crippen MR) is 76.1 cm³/mol. The lowest BCUT2D eigenvalue weighted by molar-refractivity contribution is 0.0694. The van der Waals surface area contributed by atoms with Crippen molar-refractivity contribution in [1.29, 1.82) is 0 Å². The molecule has 0 saturated heterocycles. The average Bonchev–Trinajstić information content (AvgIpc) is 3.01. The van der Waals surface area contributed by atoms with Crippen LogP contribution in [0.4, 0.5) is 0 Å². The van der Waals surface area contributed by atoms with Gasteiger partial charge >= 0.3 is 0 Å². The van der Waals surface area contributed by atoms with E-state index in [0.717, 1.165) is 33.2 Å². The maximum absolute atomic E-state index is 12.4. The van der Waals surface area contributed by atoms with Crippen LogP contribution in [0.5, 0.6) is 0 Å². The Kier molecular flexibility index (Phi) is 1.86. The molecule has 0 radical (unpaired) electrons. The summed E-state index contributed by atoms with van der Waals surface area (Å²) >= 11 is 0. The van der Waals surface area contributed by atoms with Crippen molar-refractivity contribution in [2.24, 2.45) is 0 Å². The smallest absolute Gasteiger partial charge is 0.261 e. The maximum atomic E-state index is 12.4. The molecule has 0 bridgehead atoms. The average molecular weight is 267 g/mol. The number of hydrogen-bond donors (Lipinski definition) is 2. The van der Waals surface area contributed by atoms with Crippen molar-refractivity contribution < 1.29 is 9.59 Å². The number of nitrogens with one attached hydrogen (secondary N) is 2. The number of carbonyl (C=O) groups excluding carboxylic acids is 2. The summed E-state index contributed by atoms with van der Waals surface area (Å²) in [5, 5.41) is 1.63. The Morgan fingerprint density at radius 1 is 0.850 bits per heavy atom. The van der Waals surface area contributed by atoms with Crippen molar-refractivity contribution in [3.63, 3.8) is 0 Å². The molecule has 3 heterocycles. The van der Waals surface area contributed by atoms with Crippen molar-refractivity contribution >= 4 is 33.6 Å². The van der Waals surface area contributed by atoms with Crippen LogP contribution in [0.1, 0.15) is 32.1 Å². The van der Waals surface area contributed by atoms with Crippen LogP contribution in [-0.2, 0) is 0 Å². The summed E-state index contributed by atoms with van der Waals surface area (Å²) in [4.78, 5) is 32.5. The van der Waals surface area contributed by atoms with Crippen molar-refractivity contribution in [1.82, 2.24) is 14.9 Å². The third kappa shape index (κ3) is 1.13. The number of imide groups is 1. The molecule has 1 aliphatic heterocycles. The van der Waals surface area contributed by atoms with Crippen molar-refractivity contribution in [3.8, 4) is 0 Å². The molecular weight excluding hydrogens is 254 g/mol. The Morgan fingerprint density at radius 2 is 1.25 bits per heavy atom. The molecular formula is C15H13N3O2. The maximum Gasteiger partial charge on any atom is 0.261 e. The zero-order valence-electron chi connectivity index (χ0n) is 11.4. The van der Waals surface area contributed by atoms with Gasteiger partial charge in [0.15, 0.2) is 0 Å². The second-order valence-corrected chi connectivity index (χ2v) is 5.40. The molecule has 0 atom stereocenters. The summed E-state index contributed by atoms with van der Waals surface area (Å²) in [5.41, 5.74) is 4.75. The van der Waals surface area contributed by atoms with Crippen LogP contribution in [0.2, 0.25) is 0 Å². The van der Waals surface area contributed by atoms with Crippen LogP contribution in [0, 0.1) is 13.8 Å². The Morgan fingerprint density at radius 3 is 1.65 bits per heavy atom. The number of aromatic amines is 2. The van der Waals surface area contributed by atoms with Gasteiger partial charge in [-0.15, -0.1) is 0 Å². The van der Waals surface area contributed by atoms with Crippen molar-refractivity contribution in [2.45, 2.75) is 13.8 Å². The molecule has 20 heavy (non-hydrogen) atoms. The quantitative estimate of drug-likeness (QED) is 0.614. The Bertz CT molecular complexity index is 854. The number of H-pyrrole nitrogens is 2. The summed E-state index contributed by atoms with van der Waals surface area (Å²) in [6.07, 6.45) is 0. The normalized spacial score (nSPS) is 14.8. The highest BCUT2D eigenvalue weighted by Gasteiger charge is 2.37. The molecule has 0 aliphatic carbocycles.